The summed E-state index contributed by atoms with van der Waals surface area (Å²) >= 11 is 0. The molecule has 30 heavy (non-hydrogen) atoms. The van der Waals surface area contributed by atoms with Crippen molar-refractivity contribution in [1.82, 2.24) is 4.98 Å². The second-order valence-corrected chi connectivity index (χ2v) is 6.77. The summed E-state index contributed by atoms with van der Waals surface area (Å²) in [7, 11) is 0. The van der Waals surface area contributed by atoms with Crippen LogP contribution in [-0.4, -0.2) is 40.2 Å². The maximum Gasteiger partial charge on any atom is 3.00 e. The van der Waals surface area contributed by atoms with E-state index < -0.39 is 0 Å². The standard InChI is InChI=1S/C21H17N5.3ClH.Fe/c1-12-6-8-14-18(10-12)25-20(23-14)16-4-3-5-17(22-16)21-24-15-9-7-13(2)11-19(15)26-21;;;;/h3-11,14-15H,1-2H3;3*1H;/q;;;;+3/p-3. The molecular weight excluding hydrogens is 484 g/mol. The molecule has 0 fully saturated rings. The van der Waals surface area contributed by atoms with Crippen LogP contribution in [0, 0.1) is 0 Å². The van der Waals surface area contributed by atoms with Crippen LogP contribution in [0.5, 0.6) is 0 Å². The minimum atomic E-state index is 0. The third-order valence-electron chi connectivity index (χ3n) is 4.64. The van der Waals surface area contributed by atoms with Gasteiger partial charge in [0.05, 0.1) is 11.4 Å². The van der Waals surface area contributed by atoms with E-state index in [1.54, 1.807) is 0 Å². The quantitative estimate of drug-likeness (QED) is 0.373. The first kappa shape index (κ1) is 26.2. The van der Waals surface area contributed by atoms with Crippen molar-refractivity contribution in [2.45, 2.75) is 25.9 Å². The van der Waals surface area contributed by atoms with E-state index in [9.17, 15) is 0 Å². The van der Waals surface area contributed by atoms with Crippen LogP contribution >= 0.6 is 0 Å². The van der Waals surface area contributed by atoms with Gasteiger partial charge in [0, 0.05) is 0 Å². The monoisotopic (exact) mass is 500 g/mol. The van der Waals surface area contributed by atoms with Gasteiger partial charge < -0.3 is 37.2 Å². The number of rotatable bonds is 2. The van der Waals surface area contributed by atoms with Crippen LogP contribution in [0.1, 0.15) is 25.2 Å². The maximum absolute atomic E-state index is 4.73. The third-order valence-corrected chi connectivity index (χ3v) is 4.64. The van der Waals surface area contributed by atoms with Crippen molar-refractivity contribution in [3.05, 3.63) is 77.2 Å². The number of allylic oxidation sites excluding steroid dienone is 4. The zero-order valence-corrected chi connectivity index (χ0v) is 19.4. The molecule has 0 bridgehead atoms. The van der Waals surface area contributed by atoms with Crippen molar-refractivity contribution in [3.63, 3.8) is 0 Å². The van der Waals surface area contributed by atoms with E-state index in [1.165, 1.54) is 11.1 Å². The van der Waals surface area contributed by atoms with Gasteiger partial charge in [0.25, 0.3) is 0 Å². The molecule has 0 saturated heterocycles. The second kappa shape index (κ2) is 10.5. The topological polar surface area (TPSA) is 62.3 Å². The fourth-order valence-corrected chi connectivity index (χ4v) is 3.33. The van der Waals surface area contributed by atoms with Gasteiger partial charge in [0.1, 0.15) is 23.5 Å². The minimum Gasteiger partial charge on any atom is -1.00 e. The Morgan fingerprint density at radius 2 is 1.13 bits per heavy atom. The second-order valence-electron chi connectivity index (χ2n) is 6.77. The molecular formula is C21H17Cl3FeN5. The summed E-state index contributed by atoms with van der Waals surface area (Å²) in [4.78, 5) is 23.4. The molecule has 2 atom stereocenters. The molecule has 5 rings (SSSR count). The number of amidine groups is 2. The SMILES string of the molecule is CC1=CC2=NC(c3cccc(C4=NC5C=CC(C)=CC5=N4)n3)=NC2C=C1.[Cl-].[Cl-].[Cl-].[Fe+3]. The molecule has 0 N–H and O–H groups in total. The normalized spacial score (nSPS) is 22.2. The van der Waals surface area contributed by atoms with Gasteiger partial charge in [-0.15, -0.1) is 0 Å². The van der Waals surface area contributed by atoms with E-state index in [1.807, 2.05) is 18.2 Å². The van der Waals surface area contributed by atoms with Crippen LogP contribution < -0.4 is 37.2 Å². The Bertz CT molecular complexity index is 999. The molecule has 0 saturated carbocycles. The Labute approximate surface area is 204 Å². The van der Waals surface area contributed by atoms with Gasteiger partial charge in [-0.25, -0.2) is 15.0 Å². The average Bonchev–Trinajstić information content (AvgIpc) is 3.25. The van der Waals surface area contributed by atoms with Crippen molar-refractivity contribution in [2.75, 3.05) is 0 Å². The predicted octanol–water partition coefficient (Wildman–Crippen LogP) is -5.74. The first-order valence-electron chi connectivity index (χ1n) is 8.69. The summed E-state index contributed by atoms with van der Waals surface area (Å²) in [6.07, 6.45) is 12.4. The summed E-state index contributed by atoms with van der Waals surface area (Å²) in [5.41, 5.74) is 5.83. The van der Waals surface area contributed by atoms with Crippen LogP contribution in [0.15, 0.2) is 85.8 Å². The third kappa shape index (κ3) is 4.90. The summed E-state index contributed by atoms with van der Waals surface area (Å²) in [6, 6.07) is 5.84. The molecule has 4 aliphatic rings. The van der Waals surface area contributed by atoms with Gasteiger partial charge >= 0.3 is 17.1 Å². The van der Waals surface area contributed by atoms with Gasteiger partial charge in [-0.3, -0.25) is 9.98 Å². The number of fused-ring (bicyclic) bond motifs is 2. The van der Waals surface area contributed by atoms with Crippen LogP contribution in [0.2, 0.25) is 0 Å². The molecule has 0 amide bonds. The van der Waals surface area contributed by atoms with Gasteiger partial charge in [-0.05, 0) is 49.3 Å². The van der Waals surface area contributed by atoms with Gasteiger partial charge in [-0.1, -0.05) is 30.4 Å². The van der Waals surface area contributed by atoms with Crippen molar-refractivity contribution >= 4 is 23.1 Å². The maximum atomic E-state index is 4.73. The molecule has 1 aromatic heterocycles. The molecule has 1 aromatic rings. The molecule has 1 radical (unpaired) electrons. The van der Waals surface area contributed by atoms with Gasteiger partial charge in [0.15, 0.2) is 11.7 Å². The van der Waals surface area contributed by atoms with E-state index in [4.69, 9.17) is 4.98 Å². The molecule has 0 aromatic carbocycles. The summed E-state index contributed by atoms with van der Waals surface area (Å²) in [6.45, 7) is 4.13. The van der Waals surface area contributed by atoms with Crippen LogP contribution in [0.25, 0.3) is 0 Å². The first-order valence-corrected chi connectivity index (χ1v) is 8.69. The Balaban J connectivity index is 0.00000112. The zero-order chi connectivity index (χ0) is 17.7. The van der Waals surface area contributed by atoms with Crippen molar-refractivity contribution in [1.29, 1.82) is 0 Å². The Kier molecular flexibility index (Phi) is 9.15. The molecule has 2 aliphatic carbocycles. The van der Waals surface area contributed by atoms with E-state index in [-0.39, 0.29) is 66.4 Å². The van der Waals surface area contributed by atoms with Crippen molar-refractivity contribution in [2.24, 2.45) is 20.0 Å². The summed E-state index contributed by atoms with van der Waals surface area (Å²) < 4.78 is 0. The van der Waals surface area contributed by atoms with E-state index in [2.05, 4.69) is 70.3 Å². The van der Waals surface area contributed by atoms with Gasteiger partial charge in [0.2, 0.25) is 0 Å². The number of hydrogen-bond donors (Lipinski definition) is 0. The Morgan fingerprint density at radius 1 is 0.700 bits per heavy atom. The van der Waals surface area contributed by atoms with Crippen LogP contribution in [0.4, 0.5) is 0 Å². The number of halogens is 3. The van der Waals surface area contributed by atoms with Crippen molar-refractivity contribution < 1.29 is 54.3 Å². The molecule has 2 unspecified atom stereocenters. The van der Waals surface area contributed by atoms with E-state index in [0.717, 1.165) is 22.8 Å². The molecule has 0 spiro atoms. The summed E-state index contributed by atoms with van der Waals surface area (Å²) in [5, 5.41) is 0. The number of hydrogen-bond acceptors (Lipinski definition) is 5. The summed E-state index contributed by atoms with van der Waals surface area (Å²) in [5.74, 6) is 1.34. The molecule has 155 valence electrons. The Hall–Kier alpha value is -1.82. The Morgan fingerprint density at radius 3 is 1.57 bits per heavy atom. The van der Waals surface area contributed by atoms with Gasteiger partial charge in [-0.2, -0.15) is 0 Å². The van der Waals surface area contributed by atoms with Crippen molar-refractivity contribution in [3.8, 4) is 0 Å². The molecule has 5 nitrogen and oxygen atoms in total. The fourth-order valence-electron chi connectivity index (χ4n) is 3.33. The fraction of sp³-hybridized carbons (Fsp3) is 0.190. The van der Waals surface area contributed by atoms with Crippen LogP contribution in [0.3, 0.4) is 0 Å². The first-order chi connectivity index (χ1) is 12.7. The predicted molar refractivity (Wildman–Crippen MR) is 106 cm³/mol. The number of pyridine rings is 1. The number of nitrogens with zero attached hydrogens (tertiary/aromatic N) is 5. The smallest absolute Gasteiger partial charge is 1.00 e. The zero-order valence-electron chi connectivity index (χ0n) is 16.1. The number of aromatic nitrogens is 1. The number of aliphatic imine (C=N–C) groups is 4. The van der Waals surface area contributed by atoms with Crippen LogP contribution in [-0.2, 0) is 17.1 Å². The average molecular weight is 502 g/mol. The molecule has 2 aliphatic heterocycles. The molecule has 3 heterocycles. The largest absolute Gasteiger partial charge is 3.00 e. The molecule has 9 heteroatoms. The van der Waals surface area contributed by atoms with E-state index >= 15 is 0 Å². The minimum absolute atomic E-state index is 0. The van der Waals surface area contributed by atoms with E-state index in [0.29, 0.717) is 11.7 Å².